The van der Waals surface area contributed by atoms with Crippen molar-refractivity contribution >= 4 is 10.9 Å². The molecule has 1 fully saturated rings. The van der Waals surface area contributed by atoms with Gasteiger partial charge in [0, 0.05) is 67.6 Å². The summed E-state index contributed by atoms with van der Waals surface area (Å²) in [7, 11) is 0. The monoisotopic (exact) mass is 428 g/mol. The number of H-pyrrole nitrogens is 2. The molecule has 7 nitrogen and oxygen atoms in total. The Morgan fingerprint density at radius 2 is 1.78 bits per heavy atom. The second kappa shape index (κ2) is 8.68. The molecule has 0 unspecified atom stereocenters. The predicted molar refractivity (Wildman–Crippen MR) is 127 cm³/mol. The number of aromatic amines is 2. The van der Waals surface area contributed by atoms with Crippen molar-refractivity contribution in [2.75, 3.05) is 26.2 Å². The van der Waals surface area contributed by atoms with Crippen molar-refractivity contribution in [3.63, 3.8) is 0 Å². The third kappa shape index (κ3) is 4.22. The van der Waals surface area contributed by atoms with Gasteiger partial charge < -0.3 is 4.98 Å². The van der Waals surface area contributed by atoms with Crippen LogP contribution in [0.25, 0.3) is 33.4 Å². The smallest absolute Gasteiger partial charge is 0.273 e. The molecule has 0 aliphatic carbocycles. The zero-order valence-electron chi connectivity index (χ0n) is 18.5. The van der Waals surface area contributed by atoms with Crippen LogP contribution in [-0.2, 0) is 6.54 Å². The number of pyridine rings is 1. The lowest BCUT2D eigenvalue weighted by Gasteiger charge is -2.36. The van der Waals surface area contributed by atoms with E-state index in [1.165, 1.54) is 5.56 Å². The summed E-state index contributed by atoms with van der Waals surface area (Å²) in [4.78, 5) is 25.1. The van der Waals surface area contributed by atoms with Crippen LogP contribution in [0.1, 0.15) is 19.4 Å². The summed E-state index contributed by atoms with van der Waals surface area (Å²) in [6.07, 6.45) is 3.43. The van der Waals surface area contributed by atoms with Crippen LogP contribution >= 0.6 is 0 Å². The maximum absolute atomic E-state index is 12.5. The fraction of sp³-hybridized carbons (Fsp3) is 0.320. The van der Waals surface area contributed by atoms with E-state index in [2.05, 4.69) is 62.0 Å². The van der Waals surface area contributed by atoms with E-state index in [0.29, 0.717) is 17.3 Å². The normalized spacial score (nSPS) is 15.6. The second-order valence-corrected chi connectivity index (χ2v) is 8.74. The molecule has 4 aromatic rings. The minimum absolute atomic E-state index is 0.211. The topological polar surface area (TPSA) is 80.9 Å². The van der Waals surface area contributed by atoms with Crippen LogP contribution in [0.5, 0.6) is 0 Å². The van der Waals surface area contributed by atoms with Gasteiger partial charge >= 0.3 is 0 Å². The SMILES string of the molecule is CC(C)N1CCN(Cc2ccc3cc(-c4cc(-c5ccncc5)n[nH]c4=O)[nH]c3c2)CC1. The summed E-state index contributed by atoms with van der Waals surface area (Å²) in [6, 6.07) is 14.7. The molecule has 1 aromatic carbocycles. The zero-order valence-corrected chi connectivity index (χ0v) is 18.5. The fourth-order valence-electron chi connectivity index (χ4n) is 4.39. The van der Waals surface area contributed by atoms with Crippen LogP contribution < -0.4 is 5.56 Å². The van der Waals surface area contributed by atoms with Gasteiger partial charge in [0.2, 0.25) is 0 Å². The number of benzene rings is 1. The van der Waals surface area contributed by atoms with Crippen molar-refractivity contribution < 1.29 is 0 Å². The summed E-state index contributed by atoms with van der Waals surface area (Å²) in [5.41, 5.74) is 5.11. The third-order valence-electron chi connectivity index (χ3n) is 6.30. The third-order valence-corrected chi connectivity index (χ3v) is 6.30. The first-order chi connectivity index (χ1) is 15.6. The average molecular weight is 429 g/mol. The maximum Gasteiger partial charge on any atom is 0.273 e. The Balaban J connectivity index is 1.39. The van der Waals surface area contributed by atoms with Crippen molar-refractivity contribution in [3.05, 3.63) is 70.8 Å². The van der Waals surface area contributed by atoms with E-state index in [-0.39, 0.29) is 5.56 Å². The van der Waals surface area contributed by atoms with Gasteiger partial charge in [0.15, 0.2) is 0 Å². The van der Waals surface area contributed by atoms with Crippen molar-refractivity contribution in [2.45, 2.75) is 26.4 Å². The van der Waals surface area contributed by atoms with E-state index in [1.54, 1.807) is 12.4 Å². The van der Waals surface area contributed by atoms with Crippen LogP contribution in [-0.4, -0.2) is 62.2 Å². The molecule has 164 valence electrons. The van der Waals surface area contributed by atoms with E-state index in [9.17, 15) is 4.79 Å². The lowest BCUT2D eigenvalue weighted by Crippen LogP contribution is -2.48. The number of nitrogens with one attached hydrogen (secondary N) is 2. The van der Waals surface area contributed by atoms with Gasteiger partial charge in [-0.3, -0.25) is 19.6 Å². The summed E-state index contributed by atoms with van der Waals surface area (Å²) < 4.78 is 0. The second-order valence-electron chi connectivity index (χ2n) is 8.74. The molecule has 1 aliphatic rings. The van der Waals surface area contributed by atoms with Gasteiger partial charge in [0.05, 0.1) is 17.0 Å². The lowest BCUT2D eigenvalue weighted by molar-refractivity contribution is 0.104. The molecule has 0 saturated carbocycles. The maximum atomic E-state index is 12.5. The van der Waals surface area contributed by atoms with Gasteiger partial charge in [0.25, 0.3) is 5.56 Å². The van der Waals surface area contributed by atoms with Crippen LogP contribution in [0, 0.1) is 0 Å². The quantitative estimate of drug-likeness (QED) is 0.508. The minimum Gasteiger partial charge on any atom is -0.354 e. The van der Waals surface area contributed by atoms with E-state index >= 15 is 0 Å². The standard InChI is InChI=1S/C25H28N6O/c1-17(2)31-11-9-30(10-12-31)16-18-3-4-20-14-24(27-22(20)13-18)21-15-23(28-29-25(21)32)19-5-7-26-8-6-19/h3-8,13-15,17,27H,9-12,16H2,1-2H3,(H,29,32). The van der Waals surface area contributed by atoms with Gasteiger partial charge in [-0.05, 0) is 49.7 Å². The molecule has 32 heavy (non-hydrogen) atoms. The Bertz CT molecular complexity index is 1270. The largest absolute Gasteiger partial charge is 0.354 e. The molecule has 0 atom stereocenters. The van der Waals surface area contributed by atoms with Gasteiger partial charge in [-0.1, -0.05) is 12.1 Å². The van der Waals surface area contributed by atoms with Crippen molar-refractivity contribution in [2.24, 2.45) is 0 Å². The highest BCUT2D eigenvalue weighted by atomic mass is 16.1. The van der Waals surface area contributed by atoms with Crippen LogP contribution in [0.2, 0.25) is 0 Å². The summed E-state index contributed by atoms with van der Waals surface area (Å²) in [5.74, 6) is 0. The zero-order chi connectivity index (χ0) is 22.1. The predicted octanol–water partition coefficient (Wildman–Crippen LogP) is 3.51. The van der Waals surface area contributed by atoms with E-state index in [0.717, 1.165) is 54.9 Å². The molecule has 1 saturated heterocycles. The molecule has 0 amide bonds. The lowest BCUT2D eigenvalue weighted by atomic mass is 10.1. The summed E-state index contributed by atoms with van der Waals surface area (Å²) in [6.45, 7) is 9.90. The Labute approximate surface area is 187 Å². The molecule has 5 rings (SSSR count). The molecule has 0 radical (unpaired) electrons. The Morgan fingerprint density at radius 1 is 1.00 bits per heavy atom. The van der Waals surface area contributed by atoms with Gasteiger partial charge in [-0.25, -0.2) is 5.10 Å². The molecule has 4 heterocycles. The minimum atomic E-state index is -0.211. The first kappa shape index (κ1) is 20.6. The molecule has 3 aromatic heterocycles. The Kier molecular flexibility index (Phi) is 5.59. The number of hydrogen-bond donors (Lipinski definition) is 2. The van der Waals surface area contributed by atoms with Crippen LogP contribution in [0.4, 0.5) is 0 Å². The van der Waals surface area contributed by atoms with Crippen molar-refractivity contribution in [1.82, 2.24) is 30.0 Å². The Morgan fingerprint density at radius 3 is 2.53 bits per heavy atom. The van der Waals surface area contributed by atoms with E-state index in [4.69, 9.17) is 0 Å². The van der Waals surface area contributed by atoms with Crippen LogP contribution in [0.3, 0.4) is 0 Å². The van der Waals surface area contributed by atoms with Gasteiger partial charge in [0.1, 0.15) is 0 Å². The molecule has 1 aliphatic heterocycles. The number of nitrogens with zero attached hydrogens (tertiary/aromatic N) is 4. The van der Waals surface area contributed by atoms with E-state index in [1.807, 2.05) is 24.3 Å². The highest BCUT2D eigenvalue weighted by Crippen LogP contribution is 2.25. The molecule has 7 heteroatoms. The van der Waals surface area contributed by atoms with Gasteiger partial charge in [-0.2, -0.15) is 5.10 Å². The summed E-state index contributed by atoms with van der Waals surface area (Å²) in [5, 5.41) is 7.92. The first-order valence-corrected chi connectivity index (χ1v) is 11.2. The molecular formula is C25H28N6O. The average Bonchev–Trinajstić information content (AvgIpc) is 3.23. The molecular weight excluding hydrogens is 400 g/mol. The molecule has 0 spiro atoms. The number of hydrogen-bond acceptors (Lipinski definition) is 5. The molecule has 2 N–H and O–H groups in total. The summed E-state index contributed by atoms with van der Waals surface area (Å²) >= 11 is 0. The van der Waals surface area contributed by atoms with E-state index < -0.39 is 0 Å². The highest BCUT2D eigenvalue weighted by Gasteiger charge is 2.19. The van der Waals surface area contributed by atoms with Gasteiger partial charge in [-0.15, -0.1) is 0 Å². The van der Waals surface area contributed by atoms with Crippen molar-refractivity contribution in [1.29, 1.82) is 0 Å². The van der Waals surface area contributed by atoms with Crippen LogP contribution in [0.15, 0.2) is 59.7 Å². The van der Waals surface area contributed by atoms with Crippen molar-refractivity contribution in [3.8, 4) is 22.5 Å². The number of rotatable bonds is 5. The Hall–Kier alpha value is -3.29. The highest BCUT2D eigenvalue weighted by molar-refractivity contribution is 5.86. The fourth-order valence-corrected chi connectivity index (χ4v) is 4.39. The number of fused-ring (bicyclic) bond motifs is 1. The molecule has 0 bridgehead atoms. The number of aromatic nitrogens is 4. The first-order valence-electron chi connectivity index (χ1n) is 11.2. The number of piperazine rings is 1.